The molecule has 2 heterocycles. The molecular weight excluding hydrogens is 152 g/mol. The molecular formula is C8H8N4. The summed E-state index contributed by atoms with van der Waals surface area (Å²) >= 11 is 0. The Bertz CT molecular complexity index is 366. The predicted octanol–water partition coefficient (Wildman–Crippen LogP) is 1.18. The summed E-state index contributed by atoms with van der Waals surface area (Å²) in [6, 6.07) is 1.83. The van der Waals surface area contributed by atoms with E-state index in [2.05, 4.69) is 19.9 Å². The van der Waals surface area contributed by atoms with Crippen LogP contribution in [0.2, 0.25) is 0 Å². The molecule has 0 aliphatic rings. The smallest absolute Gasteiger partial charge is 0.156 e. The van der Waals surface area contributed by atoms with Gasteiger partial charge in [0.2, 0.25) is 0 Å². The summed E-state index contributed by atoms with van der Waals surface area (Å²) in [4.78, 5) is 15.3. The maximum Gasteiger partial charge on any atom is 0.156 e. The summed E-state index contributed by atoms with van der Waals surface area (Å²) in [6.45, 7) is 1.85. The van der Waals surface area contributed by atoms with E-state index in [9.17, 15) is 0 Å². The molecule has 2 aromatic heterocycles. The Balaban J connectivity index is 2.48. The number of aryl methyl sites for hydroxylation is 1. The third-order valence-corrected chi connectivity index (χ3v) is 1.52. The molecule has 0 unspecified atom stereocenters. The van der Waals surface area contributed by atoms with E-state index in [4.69, 9.17) is 0 Å². The Morgan fingerprint density at radius 2 is 2.17 bits per heavy atom. The van der Waals surface area contributed by atoms with Gasteiger partial charge in [-0.25, -0.2) is 15.0 Å². The maximum absolute atomic E-state index is 4.21. The molecule has 0 atom stereocenters. The van der Waals surface area contributed by atoms with Gasteiger partial charge in [-0.15, -0.1) is 0 Å². The summed E-state index contributed by atoms with van der Waals surface area (Å²) < 4.78 is 0. The molecule has 0 aromatic carbocycles. The summed E-state index contributed by atoms with van der Waals surface area (Å²) in [6.07, 6.45) is 5.19. The van der Waals surface area contributed by atoms with Crippen molar-refractivity contribution in [2.45, 2.75) is 6.92 Å². The van der Waals surface area contributed by atoms with E-state index < -0.39 is 0 Å². The van der Waals surface area contributed by atoms with Gasteiger partial charge in [-0.3, -0.25) is 0 Å². The minimum Gasteiger partial charge on any atom is -0.343 e. The summed E-state index contributed by atoms with van der Waals surface area (Å²) in [5, 5.41) is 0. The van der Waals surface area contributed by atoms with Crippen LogP contribution in [0.4, 0.5) is 0 Å². The normalized spacial score (nSPS) is 10.1. The highest BCUT2D eigenvalue weighted by molar-refractivity contribution is 5.47. The Labute approximate surface area is 69.7 Å². The van der Waals surface area contributed by atoms with E-state index in [1.807, 2.05) is 13.0 Å². The van der Waals surface area contributed by atoms with Gasteiger partial charge in [-0.05, 0) is 13.0 Å². The lowest BCUT2D eigenvalue weighted by Gasteiger charge is -1.95. The summed E-state index contributed by atoms with van der Waals surface area (Å²) in [5.74, 6) is 1.53. The van der Waals surface area contributed by atoms with Crippen LogP contribution in [0, 0.1) is 6.92 Å². The van der Waals surface area contributed by atoms with Gasteiger partial charge >= 0.3 is 0 Å². The highest BCUT2D eigenvalue weighted by Gasteiger charge is 1.99. The second-order valence-corrected chi connectivity index (χ2v) is 2.43. The van der Waals surface area contributed by atoms with Crippen molar-refractivity contribution in [1.29, 1.82) is 0 Å². The van der Waals surface area contributed by atoms with Gasteiger partial charge in [0.1, 0.15) is 11.5 Å². The number of hydrogen-bond acceptors (Lipinski definition) is 3. The standard InChI is InChI=1S/C8H8N4/c1-6-9-3-2-7(12-6)8-10-4-5-11-8/h2-5H,1H3,(H,10,11). The molecule has 4 nitrogen and oxygen atoms in total. The first-order valence-electron chi connectivity index (χ1n) is 3.65. The van der Waals surface area contributed by atoms with Crippen LogP contribution in [0.1, 0.15) is 5.82 Å². The molecule has 0 spiro atoms. The molecule has 1 N–H and O–H groups in total. The topological polar surface area (TPSA) is 54.5 Å². The molecule has 2 rings (SSSR count). The van der Waals surface area contributed by atoms with E-state index in [1.165, 1.54) is 0 Å². The van der Waals surface area contributed by atoms with Crippen LogP contribution < -0.4 is 0 Å². The lowest BCUT2D eigenvalue weighted by Crippen LogP contribution is -1.90. The number of aromatic amines is 1. The fourth-order valence-corrected chi connectivity index (χ4v) is 0.993. The van der Waals surface area contributed by atoms with Crippen molar-refractivity contribution in [2.75, 3.05) is 0 Å². The average Bonchev–Trinajstić information content (AvgIpc) is 2.56. The first kappa shape index (κ1) is 6.97. The zero-order valence-corrected chi connectivity index (χ0v) is 6.65. The molecule has 12 heavy (non-hydrogen) atoms. The molecule has 0 bridgehead atoms. The van der Waals surface area contributed by atoms with Crippen molar-refractivity contribution < 1.29 is 0 Å². The zero-order valence-electron chi connectivity index (χ0n) is 6.65. The Kier molecular flexibility index (Phi) is 1.59. The first-order valence-corrected chi connectivity index (χ1v) is 3.65. The molecule has 0 saturated carbocycles. The molecule has 0 radical (unpaired) electrons. The zero-order chi connectivity index (χ0) is 8.39. The Hall–Kier alpha value is -1.71. The molecule has 2 aromatic rings. The fourth-order valence-electron chi connectivity index (χ4n) is 0.993. The fraction of sp³-hybridized carbons (Fsp3) is 0.125. The van der Waals surface area contributed by atoms with Gasteiger partial charge in [0.05, 0.1) is 0 Å². The molecule has 0 fully saturated rings. The molecule has 0 aliphatic carbocycles. The van der Waals surface area contributed by atoms with Gasteiger partial charge in [-0.1, -0.05) is 0 Å². The number of hydrogen-bond donors (Lipinski definition) is 1. The van der Waals surface area contributed by atoms with Crippen LogP contribution in [-0.4, -0.2) is 19.9 Å². The van der Waals surface area contributed by atoms with Crippen molar-refractivity contribution in [2.24, 2.45) is 0 Å². The average molecular weight is 160 g/mol. The molecule has 4 heteroatoms. The number of rotatable bonds is 1. The summed E-state index contributed by atoms with van der Waals surface area (Å²) in [5.41, 5.74) is 0.826. The van der Waals surface area contributed by atoms with Crippen molar-refractivity contribution in [3.8, 4) is 11.5 Å². The summed E-state index contributed by atoms with van der Waals surface area (Å²) in [7, 11) is 0. The molecule has 0 saturated heterocycles. The number of nitrogens with one attached hydrogen (secondary N) is 1. The Morgan fingerprint density at radius 3 is 2.83 bits per heavy atom. The third-order valence-electron chi connectivity index (χ3n) is 1.52. The van der Waals surface area contributed by atoms with Crippen molar-refractivity contribution >= 4 is 0 Å². The van der Waals surface area contributed by atoms with Crippen LogP contribution >= 0.6 is 0 Å². The highest BCUT2D eigenvalue weighted by Crippen LogP contribution is 2.08. The van der Waals surface area contributed by atoms with Crippen LogP contribution in [0.15, 0.2) is 24.7 Å². The van der Waals surface area contributed by atoms with Gasteiger partial charge in [-0.2, -0.15) is 0 Å². The van der Waals surface area contributed by atoms with Crippen LogP contribution in [-0.2, 0) is 0 Å². The van der Waals surface area contributed by atoms with E-state index in [0.717, 1.165) is 17.3 Å². The number of aromatic nitrogens is 4. The van der Waals surface area contributed by atoms with E-state index >= 15 is 0 Å². The van der Waals surface area contributed by atoms with Crippen molar-refractivity contribution in [3.05, 3.63) is 30.5 Å². The maximum atomic E-state index is 4.21. The number of nitrogens with zero attached hydrogens (tertiary/aromatic N) is 3. The van der Waals surface area contributed by atoms with Gasteiger partial charge in [0, 0.05) is 18.6 Å². The predicted molar refractivity (Wildman–Crippen MR) is 44.4 cm³/mol. The lowest BCUT2D eigenvalue weighted by molar-refractivity contribution is 1.04. The minimum absolute atomic E-state index is 0.754. The van der Waals surface area contributed by atoms with Gasteiger partial charge < -0.3 is 4.98 Å². The minimum atomic E-state index is 0.754. The third kappa shape index (κ3) is 1.18. The van der Waals surface area contributed by atoms with Gasteiger partial charge in [0.25, 0.3) is 0 Å². The van der Waals surface area contributed by atoms with Crippen LogP contribution in [0.25, 0.3) is 11.5 Å². The first-order chi connectivity index (χ1) is 5.86. The van der Waals surface area contributed by atoms with Crippen LogP contribution in [0.5, 0.6) is 0 Å². The SMILES string of the molecule is Cc1nccc(-c2ncc[nH]2)n1. The quantitative estimate of drug-likeness (QED) is 0.681. The van der Waals surface area contributed by atoms with E-state index in [1.54, 1.807) is 18.6 Å². The lowest BCUT2D eigenvalue weighted by atomic mass is 10.4. The monoisotopic (exact) mass is 160 g/mol. The van der Waals surface area contributed by atoms with Crippen LogP contribution in [0.3, 0.4) is 0 Å². The molecule has 0 amide bonds. The van der Waals surface area contributed by atoms with E-state index in [-0.39, 0.29) is 0 Å². The van der Waals surface area contributed by atoms with Gasteiger partial charge in [0.15, 0.2) is 5.82 Å². The largest absolute Gasteiger partial charge is 0.343 e. The van der Waals surface area contributed by atoms with Crippen molar-refractivity contribution in [3.63, 3.8) is 0 Å². The van der Waals surface area contributed by atoms with Crippen molar-refractivity contribution in [1.82, 2.24) is 19.9 Å². The second-order valence-electron chi connectivity index (χ2n) is 2.43. The molecule has 60 valence electrons. The highest BCUT2D eigenvalue weighted by atomic mass is 14.9. The number of imidazole rings is 1. The van der Waals surface area contributed by atoms with E-state index in [0.29, 0.717) is 0 Å². The second kappa shape index (κ2) is 2.73. The Morgan fingerprint density at radius 1 is 1.25 bits per heavy atom. The number of H-pyrrole nitrogens is 1. The molecule has 0 aliphatic heterocycles.